The van der Waals surface area contributed by atoms with Gasteiger partial charge in [-0.1, -0.05) is 66.2 Å². The Morgan fingerprint density at radius 2 is 1.29 bits per heavy atom. The third-order valence-electron chi connectivity index (χ3n) is 6.18. The van der Waals surface area contributed by atoms with Gasteiger partial charge in [0.25, 0.3) is 10.1 Å². The van der Waals surface area contributed by atoms with Gasteiger partial charge >= 0.3 is 6.18 Å². The molecule has 196 valence electrons. The molecule has 1 aromatic heterocycles. The average Bonchev–Trinajstić information content (AvgIpc) is 3.23. The van der Waals surface area contributed by atoms with E-state index < -0.39 is 26.8 Å². The summed E-state index contributed by atoms with van der Waals surface area (Å²) in [5.41, 5.74) is 9.27. The van der Waals surface area contributed by atoms with Crippen LogP contribution in [0, 0.1) is 20.8 Å². The van der Waals surface area contributed by atoms with Crippen LogP contribution in [-0.4, -0.2) is 18.0 Å². The number of H-pyrrole nitrogens is 1. The second-order valence-electron chi connectivity index (χ2n) is 9.06. The van der Waals surface area contributed by atoms with Crippen molar-refractivity contribution in [2.45, 2.75) is 31.8 Å². The van der Waals surface area contributed by atoms with Gasteiger partial charge in [-0.15, -0.1) is 0 Å². The van der Waals surface area contributed by atoms with E-state index in [9.17, 15) is 21.6 Å². The van der Waals surface area contributed by atoms with E-state index in [1.54, 1.807) is 0 Å². The molecule has 0 spiro atoms. The van der Waals surface area contributed by atoms with Crippen molar-refractivity contribution < 1.29 is 26.1 Å². The standard InChI is InChI=1S/C23H21N.C7H5F3O3S/c1-15-13-16(2)21(17(3)14-15)22-19-11-7-8-12-20(19)24-23(22)18-9-5-4-6-10-18;8-7(9,10)5-1-3-6(4-2-5)14(11,12)13/h4-14,24H,1-3H3;1-4H,(H,11,12,13). The molecule has 0 saturated carbocycles. The molecule has 2 N–H and O–H groups in total. The van der Waals surface area contributed by atoms with Crippen molar-refractivity contribution in [1.29, 1.82) is 0 Å². The molecule has 0 saturated heterocycles. The monoisotopic (exact) mass is 537 g/mol. The number of para-hydroxylation sites is 1. The molecule has 8 heteroatoms. The quantitative estimate of drug-likeness (QED) is 0.227. The highest BCUT2D eigenvalue weighted by Crippen LogP contribution is 2.41. The van der Waals surface area contributed by atoms with Crippen LogP contribution < -0.4 is 0 Å². The summed E-state index contributed by atoms with van der Waals surface area (Å²) in [6.45, 7) is 6.59. The van der Waals surface area contributed by atoms with Gasteiger partial charge in [-0.2, -0.15) is 21.6 Å². The first-order chi connectivity index (χ1) is 17.9. The predicted octanol–water partition coefficient (Wildman–Crippen LogP) is 8.38. The van der Waals surface area contributed by atoms with E-state index >= 15 is 0 Å². The van der Waals surface area contributed by atoms with Crippen LogP contribution in [0.5, 0.6) is 0 Å². The van der Waals surface area contributed by atoms with Crippen molar-refractivity contribution in [2.75, 3.05) is 0 Å². The Morgan fingerprint density at radius 1 is 0.737 bits per heavy atom. The van der Waals surface area contributed by atoms with Gasteiger partial charge in [0.05, 0.1) is 16.2 Å². The summed E-state index contributed by atoms with van der Waals surface area (Å²) in [5.74, 6) is 0. The minimum atomic E-state index is -4.52. The summed E-state index contributed by atoms with van der Waals surface area (Å²) in [4.78, 5) is 3.08. The molecule has 38 heavy (non-hydrogen) atoms. The van der Waals surface area contributed by atoms with Crippen molar-refractivity contribution in [1.82, 2.24) is 4.98 Å². The van der Waals surface area contributed by atoms with E-state index in [1.165, 1.54) is 50.0 Å². The molecule has 4 aromatic carbocycles. The number of hydrogen-bond donors (Lipinski definition) is 2. The van der Waals surface area contributed by atoms with Gasteiger partial charge in [0, 0.05) is 16.5 Å². The van der Waals surface area contributed by atoms with Crippen molar-refractivity contribution in [3.05, 3.63) is 113 Å². The van der Waals surface area contributed by atoms with E-state index in [4.69, 9.17) is 4.55 Å². The topological polar surface area (TPSA) is 70.2 Å². The van der Waals surface area contributed by atoms with Crippen LogP contribution in [0.2, 0.25) is 0 Å². The number of alkyl halides is 3. The van der Waals surface area contributed by atoms with E-state index in [2.05, 4.69) is 92.5 Å². The van der Waals surface area contributed by atoms with E-state index in [0.717, 1.165) is 0 Å². The van der Waals surface area contributed by atoms with Gasteiger partial charge in [0.1, 0.15) is 0 Å². The zero-order valence-electron chi connectivity index (χ0n) is 21.0. The highest BCUT2D eigenvalue weighted by atomic mass is 32.2. The van der Waals surface area contributed by atoms with Gasteiger partial charge in [-0.25, -0.2) is 0 Å². The number of aromatic amines is 1. The molecular formula is C30H26F3NO3S. The zero-order chi connectivity index (χ0) is 27.7. The minimum Gasteiger partial charge on any atom is -0.354 e. The third kappa shape index (κ3) is 5.82. The molecule has 0 amide bonds. The molecule has 0 fully saturated rings. The van der Waals surface area contributed by atoms with Crippen LogP contribution in [0.25, 0.3) is 33.3 Å². The van der Waals surface area contributed by atoms with Crippen LogP contribution in [-0.2, 0) is 16.3 Å². The summed E-state index contributed by atoms with van der Waals surface area (Å²) in [6, 6.07) is 26.3. The fraction of sp³-hybridized carbons (Fsp3) is 0.133. The molecule has 0 aliphatic carbocycles. The van der Waals surface area contributed by atoms with Gasteiger partial charge < -0.3 is 4.98 Å². The fourth-order valence-corrected chi connectivity index (χ4v) is 5.09. The Kier molecular flexibility index (Phi) is 7.49. The van der Waals surface area contributed by atoms with Gasteiger partial charge in [-0.05, 0) is 73.4 Å². The molecule has 0 aliphatic rings. The first-order valence-corrected chi connectivity index (χ1v) is 13.2. The Hall–Kier alpha value is -3.88. The number of benzene rings is 4. The number of hydrogen-bond acceptors (Lipinski definition) is 2. The lowest BCUT2D eigenvalue weighted by molar-refractivity contribution is -0.137. The summed E-state index contributed by atoms with van der Waals surface area (Å²) in [6.07, 6.45) is -4.52. The number of fused-ring (bicyclic) bond motifs is 1. The highest BCUT2D eigenvalue weighted by Gasteiger charge is 2.30. The molecule has 0 bridgehead atoms. The average molecular weight is 538 g/mol. The molecule has 5 rings (SSSR count). The lowest BCUT2D eigenvalue weighted by Gasteiger charge is -2.13. The number of halogens is 3. The van der Waals surface area contributed by atoms with E-state index in [0.29, 0.717) is 24.3 Å². The maximum absolute atomic E-state index is 12.0. The molecule has 0 unspecified atom stereocenters. The summed E-state index contributed by atoms with van der Waals surface area (Å²) >= 11 is 0. The van der Waals surface area contributed by atoms with Crippen molar-refractivity contribution in [3.63, 3.8) is 0 Å². The van der Waals surface area contributed by atoms with Gasteiger partial charge in [0.2, 0.25) is 0 Å². The number of aromatic nitrogens is 1. The number of nitrogens with one attached hydrogen (secondary N) is 1. The van der Waals surface area contributed by atoms with Crippen LogP contribution in [0.3, 0.4) is 0 Å². The highest BCUT2D eigenvalue weighted by molar-refractivity contribution is 7.85. The van der Waals surface area contributed by atoms with E-state index in [1.807, 2.05) is 0 Å². The molecule has 5 aromatic rings. The Morgan fingerprint density at radius 3 is 1.84 bits per heavy atom. The van der Waals surface area contributed by atoms with Crippen LogP contribution in [0.4, 0.5) is 13.2 Å². The maximum Gasteiger partial charge on any atom is 0.416 e. The normalized spacial score (nSPS) is 11.8. The predicted molar refractivity (Wildman–Crippen MR) is 145 cm³/mol. The smallest absolute Gasteiger partial charge is 0.354 e. The lowest BCUT2D eigenvalue weighted by Crippen LogP contribution is -2.05. The van der Waals surface area contributed by atoms with Crippen molar-refractivity contribution in [3.8, 4) is 22.4 Å². The second-order valence-corrected chi connectivity index (χ2v) is 10.5. The van der Waals surface area contributed by atoms with Gasteiger partial charge in [0.15, 0.2) is 0 Å². The van der Waals surface area contributed by atoms with Gasteiger partial charge in [-0.3, -0.25) is 4.55 Å². The largest absolute Gasteiger partial charge is 0.416 e. The number of rotatable bonds is 3. The Balaban J connectivity index is 0.000000206. The van der Waals surface area contributed by atoms with Crippen LogP contribution in [0.15, 0.2) is 95.9 Å². The molecular weight excluding hydrogens is 511 g/mol. The zero-order valence-corrected chi connectivity index (χ0v) is 21.8. The molecule has 0 atom stereocenters. The summed E-state index contributed by atoms with van der Waals surface area (Å²) in [7, 11) is -4.43. The Bertz CT molecular complexity index is 1670. The van der Waals surface area contributed by atoms with E-state index in [-0.39, 0.29) is 0 Å². The first-order valence-electron chi connectivity index (χ1n) is 11.8. The SMILES string of the molecule is Cc1cc(C)c(-c2c(-c3ccccc3)[nH]c3ccccc23)c(C)c1.O=S(=O)(O)c1ccc(C(F)(F)F)cc1. The second kappa shape index (κ2) is 10.5. The molecule has 1 heterocycles. The van der Waals surface area contributed by atoms with Crippen LogP contribution in [0.1, 0.15) is 22.3 Å². The molecule has 0 aliphatic heterocycles. The van der Waals surface area contributed by atoms with Crippen LogP contribution >= 0.6 is 0 Å². The molecule has 0 radical (unpaired) electrons. The fourth-order valence-electron chi connectivity index (χ4n) is 4.61. The Labute approximate surface area is 219 Å². The lowest BCUT2D eigenvalue weighted by atomic mass is 9.90. The third-order valence-corrected chi connectivity index (χ3v) is 7.04. The summed E-state index contributed by atoms with van der Waals surface area (Å²) in [5, 5.41) is 1.28. The summed E-state index contributed by atoms with van der Waals surface area (Å²) < 4.78 is 65.4. The first kappa shape index (κ1) is 27.2. The maximum atomic E-state index is 12.0. The van der Waals surface area contributed by atoms with Crippen molar-refractivity contribution >= 4 is 21.0 Å². The van der Waals surface area contributed by atoms with Crippen molar-refractivity contribution in [2.24, 2.45) is 0 Å². The number of aryl methyl sites for hydroxylation is 3. The molecule has 4 nitrogen and oxygen atoms in total. The minimum absolute atomic E-state index is 0.564.